The van der Waals surface area contributed by atoms with Crippen molar-refractivity contribution in [2.24, 2.45) is 0 Å². The molecular weight excluding hydrogens is 296 g/mol. The van der Waals surface area contributed by atoms with Crippen LogP contribution < -0.4 is 5.32 Å². The van der Waals surface area contributed by atoms with E-state index >= 15 is 0 Å². The first-order chi connectivity index (χ1) is 9.28. The number of nitrogens with one attached hydrogen (secondary N) is 1. The number of amides is 1. The van der Waals surface area contributed by atoms with E-state index in [-0.39, 0.29) is 5.91 Å². The van der Waals surface area contributed by atoms with E-state index in [1.54, 1.807) is 23.4 Å². The number of carbonyl (C=O) groups is 1. The van der Waals surface area contributed by atoms with E-state index in [0.717, 1.165) is 14.2 Å². The number of hydrogen-bond acceptors (Lipinski definition) is 5. The van der Waals surface area contributed by atoms with Crippen LogP contribution in [0.2, 0.25) is 0 Å². The molecule has 1 amide bonds. The molecule has 0 bridgehead atoms. The maximum Gasteiger partial charge on any atom is 0.249 e. The van der Waals surface area contributed by atoms with Gasteiger partial charge in [0.05, 0.1) is 6.20 Å². The molecule has 0 saturated carbocycles. The van der Waals surface area contributed by atoms with Crippen molar-refractivity contribution in [2.45, 2.75) is 9.24 Å². The Balaban J connectivity index is 1.84. The summed E-state index contributed by atoms with van der Waals surface area (Å²) in [5.41, 5.74) is 0. The Hall–Kier alpha value is -1.24. The van der Waals surface area contributed by atoms with Crippen molar-refractivity contribution >= 4 is 45.8 Å². The highest BCUT2D eigenvalue weighted by atomic mass is 32.2. The molecule has 0 unspecified atom stereocenters. The van der Waals surface area contributed by atoms with Gasteiger partial charge in [-0.2, -0.15) is 0 Å². The Morgan fingerprint density at radius 2 is 2.16 bits per heavy atom. The fourth-order valence-corrected chi connectivity index (χ4v) is 3.22. The highest BCUT2D eigenvalue weighted by Crippen LogP contribution is 2.25. The Kier molecular flexibility index (Phi) is 5.50. The Bertz CT molecular complexity index is 566. The van der Waals surface area contributed by atoms with Gasteiger partial charge in [-0.3, -0.25) is 4.79 Å². The molecule has 0 aliphatic rings. The number of aromatic nitrogens is 1. The molecule has 0 radical (unpaired) electrons. The number of rotatable bonds is 5. The summed E-state index contributed by atoms with van der Waals surface area (Å²) in [5, 5.41) is 5.33. The quantitative estimate of drug-likeness (QED) is 0.667. The van der Waals surface area contributed by atoms with E-state index in [0.29, 0.717) is 0 Å². The van der Waals surface area contributed by atoms with Crippen LogP contribution in [-0.4, -0.2) is 17.1 Å². The van der Waals surface area contributed by atoms with Gasteiger partial charge in [0.2, 0.25) is 5.91 Å². The predicted octanol–water partition coefficient (Wildman–Crippen LogP) is 4.11. The summed E-state index contributed by atoms with van der Waals surface area (Å²) in [6.45, 7) is 0. The van der Waals surface area contributed by atoms with Crippen molar-refractivity contribution in [3.8, 4) is 0 Å². The summed E-state index contributed by atoms with van der Waals surface area (Å²) >= 11 is 4.55. The summed E-state index contributed by atoms with van der Waals surface area (Å²) in [6, 6.07) is 9.91. The third-order valence-corrected chi connectivity index (χ3v) is 4.80. The standard InChI is InChI=1S/C13H12N2OS3/c1-17-13-14-9-12(19-13)15-11(16)7-8-18-10-5-3-2-4-6-10/h2-9H,1H3,(H,15,16). The summed E-state index contributed by atoms with van der Waals surface area (Å²) in [6.07, 6.45) is 5.16. The van der Waals surface area contributed by atoms with Crippen LogP contribution in [0.25, 0.3) is 0 Å². The molecule has 0 atom stereocenters. The highest BCUT2D eigenvalue weighted by Gasteiger charge is 2.02. The molecule has 1 N–H and O–H groups in total. The van der Waals surface area contributed by atoms with Gasteiger partial charge in [0, 0.05) is 11.0 Å². The van der Waals surface area contributed by atoms with Crippen molar-refractivity contribution < 1.29 is 4.79 Å². The topological polar surface area (TPSA) is 42.0 Å². The molecule has 19 heavy (non-hydrogen) atoms. The molecule has 1 aromatic heterocycles. The summed E-state index contributed by atoms with van der Waals surface area (Å²) < 4.78 is 0.943. The second-order valence-corrected chi connectivity index (χ2v) is 6.48. The minimum atomic E-state index is -0.139. The summed E-state index contributed by atoms with van der Waals surface area (Å²) in [7, 11) is 0. The van der Waals surface area contributed by atoms with Crippen molar-refractivity contribution in [1.29, 1.82) is 0 Å². The van der Waals surface area contributed by atoms with Crippen molar-refractivity contribution in [3.05, 3.63) is 48.0 Å². The zero-order valence-electron chi connectivity index (χ0n) is 10.2. The van der Waals surface area contributed by atoms with Crippen LogP contribution in [0.4, 0.5) is 5.00 Å². The number of hydrogen-bond donors (Lipinski definition) is 1. The molecule has 3 nitrogen and oxygen atoms in total. The Labute approximate surface area is 124 Å². The van der Waals surface area contributed by atoms with E-state index in [9.17, 15) is 4.79 Å². The molecule has 0 spiro atoms. The highest BCUT2D eigenvalue weighted by molar-refractivity contribution is 8.02. The molecular formula is C13H12N2OS3. The molecule has 1 heterocycles. The van der Waals surface area contributed by atoms with Gasteiger partial charge in [-0.15, -0.1) is 0 Å². The Morgan fingerprint density at radius 1 is 1.37 bits per heavy atom. The number of thiazole rings is 1. The van der Waals surface area contributed by atoms with Gasteiger partial charge < -0.3 is 5.32 Å². The second-order valence-electron chi connectivity index (χ2n) is 3.42. The lowest BCUT2D eigenvalue weighted by atomic mass is 10.4. The lowest BCUT2D eigenvalue weighted by Crippen LogP contribution is -2.05. The third-order valence-electron chi connectivity index (χ3n) is 2.07. The smallest absolute Gasteiger partial charge is 0.249 e. The third kappa shape index (κ3) is 4.74. The van der Waals surface area contributed by atoms with Crippen LogP contribution in [0.15, 0.2) is 57.2 Å². The number of anilines is 1. The van der Waals surface area contributed by atoms with Gasteiger partial charge in [0.1, 0.15) is 5.00 Å². The molecule has 98 valence electrons. The van der Waals surface area contributed by atoms with E-state index in [4.69, 9.17) is 0 Å². The minimum absolute atomic E-state index is 0.139. The predicted molar refractivity (Wildman–Crippen MR) is 84.0 cm³/mol. The lowest BCUT2D eigenvalue weighted by molar-refractivity contribution is -0.111. The molecule has 0 fully saturated rings. The molecule has 0 aliphatic carbocycles. The van der Waals surface area contributed by atoms with E-state index < -0.39 is 0 Å². The number of carbonyl (C=O) groups excluding carboxylic acids is 1. The molecule has 6 heteroatoms. The first-order valence-electron chi connectivity index (χ1n) is 5.47. The van der Waals surface area contributed by atoms with Gasteiger partial charge in [-0.1, -0.05) is 53.1 Å². The zero-order valence-corrected chi connectivity index (χ0v) is 12.6. The van der Waals surface area contributed by atoms with Crippen LogP contribution in [-0.2, 0) is 4.79 Å². The van der Waals surface area contributed by atoms with Crippen LogP contribution >= 0.6 is 34.9 Å². The first-order valence-corrected chi connectivity index (χ1v) is 8.39. The number of thioether (sulfide) groups is 2. The van der Waals surface area contributed by atoms with Crippen LogP contribution in [0.3, 0.4) is 0 Å². The van der Waals surface area contributed by atoms with Crippen molar-refractivity contribution in [1.82, 2.24) is 4.98 Å². The lowest BCUT2D eigenvalue weighted by Gasteiger charge is -1.96. The molecule has 0 saturated heterocycles. The van der Waals surface area contributed by atoms with Crippen LogP contribution in [0.1, 0.15) is 0 Å². The molecule has 2 rings (SSSR count). The largest absolute Gasteiger partial charge is 0.313 e. The molecule has 2 aromatic rings. The van der Waals surface area contributed by atoms with E-state index in [2.05, 4.69) is 10.3 Å². The van der Waals surface area contributed by atoms with Crippen LogP contribution in [0, 0.1) is 0 Å². The van der Waals surface area contributed by atoms with Crippen molar-refractivity contribution in [3.63, 3.8) is 0 Å². The van der Waals surface area contributed by atoms with Gasteiger partial charge in [0.15, 0.2) is 4.34 Å². The molecule has 0 aliphatic heterocycles. The van der Waals surface area contributed by atoms with E-state index in [1.807, 2.05) is 36.6 Å². The molecule has 1 aromatic carbocycles. The van der Waals surface area contributed by atoms with Gasteiger partial charge in [0.25, 0.3) is 0 Å². The number of nitrogens with zero attached hydrogens (tertiary/aromatic N) is 1. The van der Waals surface area contributed by atoms with E-state index in [1.165, 1.54) is 29.2 Å². The monoisotopic (exact) mass is 308 g/mol. The first kappa shape index (κ1) is 14.2. The minimum Gasteiger partial charge on any atom is -0.313 e. The zero-order chi connectivity index (χ0) is 13.5. The van der Waals surface area contributed by atoms with Gasteiger partial charge in [-0.05, 0) is 23.8 Å². The number of benzene rings is 1. The fourth-order valence-electron chi connectivity index (χ4n) is 1.25. The van der Waals surface area contributed by atoms with Crippen molar-refractivity contribution in [2.75, 3.05) is 11.6 Å². The maximum atomic E-state index is 11.7. The summed E-state index contributed by atoms with van der Waals surface area (Å²) in [5.74, 6) is -0.139. The summed E-state index contributed by atoms with van der Waals surface area (Å²) in [4.78, 5) is 16.9. The average Bonchev–Trinajstić information content (AvgIpc) is 2.87. The van der Waals surface area contributed by atoms with Crippen LogP contribution in [0.5, 0.6) is 0 Å². The Morgan fingerprint density at radius 3 is 2.84 bits per heavy atom. The average molecular weight is 308 g/mol. The second kappa shape index (κ2) is 7.37. The fraction of sp³-hybridized carbons (Fsp3) is 0.0769. The maximum absolute atomic E-state index is 11.7. The normalized spacial score (nSPS) is 10.8. The van der Waals surface area contributed by atoms with Gasteiger partial charge >= 0.3 is 0 Å². The van der Waals surface area contributed by atoms with Gasteiger partial charge in [-0.25, -0.2) is 4.98 Å². The SMILES string of the molecule is CSc1ncc(NC(=O)C=CSc2ccccc2)s1.